The van der Waals surface area contributed by atoms with Crippen LogP contribution in [0.3, 0.4) is 0 Å². The third-order valence-electron chi connectivity index (χ3n) is 5.92. The molecule has 162 valence electrons. The number of likely N-dealkylation sites (N-methyl/N-ethyl adjacent to an activating group) is 1. The first-order valence-electron chi connectivity index (χ1n) is 10.7. The van der Waals surface area contributed by atoms with Crippen molar-refractivity contribution < 1.29 is 14.3 Å². The number of ketones is 1. The molecule has 1 aliphatic heterocycles. The summed E-state index contributed by atoms with van der Waals surface area (Å²) >= 11 is 0. The second-order valence-corrected chi connectivity index (χ2v) is 8.63. The minimum Gasteiger partial charge on any atom is -0.455 e. The van der Waals surface area contributed by atoms with E-state index in [1.54, 1.807) is 6.20 Å². The van der Waals surface area contributed by atoms with Crippen LogP contribution in [-0.4, -0.2) is 39.8 Å². The molecule has 6 heteroatoms. The van der Waals surface area contributed by atoms with Gasteiger partial charge in [-0.25, -0.2) is 0 Å². The van der Waals surface area contributed by atoms with E-state index in [9.17, 15) is 9.59 Å². The molecule has 0 N–H and O–H groups in total. The average molecular weight is 420 g/mol. The summed E-state index contributed by atoms with van der Waals surface area (Å²) in [4.78, 5) is 30.6. The van der Waals surface area contributed by atoms with Crippen LogP contribution in [0.5, 0.6) is 0 Å². The van der Waals surface area contributed by atoms with Crippen molar-refractivity contribution in [2.45, 2.75) is 52.8 Å². The number of hydrogen-bond acceptors (Lipinski definition) is 5. The second-order valence-electron chi connectivity index (χ2n) is 8.63. The van der Waals surface area contributed by atoms with Gasteiger partial charge in [-0.05, 0) is 51.6 Å². The summed E-state index contributed by atoms with van der Waals surface area (Å²) in [6, 6.07) is 10.4. The van der Waals surface area contributed by atoms with Crippen molar-refractivity contribution >= 4 is 22.7 Å². The quantitative estimate of drug-likeness (QED) is 0.448. The Morgan fingerprint density at radius 1 is 1.19 bits per heavy atom. The first kappa shape index (κ1) is 21.2. The zero-order chi connectivity index (χ0) is 22.1. The van der Waals surface area contributed by atoms with Crippen LogP contribution in [0.15, 0.2) is 36.5 Å². The molecule has 3 aromatic rings. The summed E-state index contributed by atoms with van der Waals surface area (Å²) in [6.07, 6.45) is 1.97. The van der Waals surface area contributed by atoms with Gasteiger partial charge in [-0.2, -0.15) is 0 Å². The van der Waals surface area contributed by atoms with Crippen molar-refractivity contribution in [1.82, 2.24) is 14.5 Å². The number of benzene rings is 1. The molecular weight excluding hydrogens is 390 g/mol. The lowest BCUT2D eigenvalue weighted by Crippen LogP contribution is -2.28. The van der Waals surface area contributed by atoms with Gasteiger partial charge in [-0.3, -0.25) is 14.6 Å². The minimum absolute atomic E-state index is 0.201. The number of fused-ring (bicyclic) bond motifs is 3. The molecule has 0 aliphatic carbocycles. The Morgan fingerprint density at radius 3 is 2.71 bits per heavy atom. The van der Waals surface area contributed by atoms with Gasteiger partial charge in [0.15, 0.2) is 0 Å². The SMILES string of the molecule is CC(=O)CC(=O)OC(Cn1c2c(c3cc(C)ccc31)CN(C)CC2)c1ccc(C)nc1. The van der Waals surface area contributed by atoms with Crippen LogP contribution in [0.1, 0.15) is 47.5 Å². The molecular formula is C25H29N3O3. The lowest BCUT2D eigenvalue weighted by atomic mass is 10.0. The predicted molar refractivity (Wildman–Crippen MR) is 120 cm³/mol. The number of aryl methyl sites for hydroxylation is 2. The molecule has 3 heterocycles. The molecule has 0 spiro atoms. The summed E-state index contributed by atoms with van der Waals surface area (Å²) in [5.74, 6) is -0.702. The zero-order valence-electron chi connectivity index (χ0n) is 18.6. The maximum absolute atomic E-state index is 12.4. The molecule has 1 unspecified atom stereocenters. The van der Waals surface area contributed by atoms with E-state index < -0.39 is 12.1 Å². The Bertz CT molecular complexity index is 1130. The van der Waals surface area contributed by atoms with E-state index in [0.29, 0.717) is 6.54 Å². The molecule has 1 aliphatic rings. The Labute approximate surface area is 182 Å². The normalized spacial score (nSPS) is 15.0. The summed E-state index contributed by atoms with van der Waals surface area (Å²) in [6.45, 7) is 7.83. The van der Waals surface area contributed by atoms with Crippen LogP contribution in [-0.2, 0) is 33.8 Å². The van der Waals surface area contributed by atoms with Crippen LogP contribution < -0.4 is 0 Å². The van der Waals surface area contributed by atoms with Crippen LogP contribution in [0, 0.1) is 13.8 Å². The van der Waals surface area contributed by atoms with Crippen LogP contribution in [0.4, 0.5) is 0 Å². The summed E-state index contributed by atoms with van der Waals surface area (Å²) < 4.78 is 8.11. The van der Waals surface area contributed by atoms with Crippen molar-refractivity contribution in [2.24, 2.45) is 0 Å². The van der Waals surface area contributed by atoms with E-state index in [1.807, 2.05) is 19.1 Å². The number of aromatic nitrogens is 2. The van der Waals surface area contributed by atoms with Crippen LogP contribution in [0.25, 0.3) is 10.9 Å². The molecule has 0 fully saturated rings. The highest BCUT2D eigenvalue weighted by Gasteiger charge is 2.26. The Hall–Kier alpha value is -2.99. The van der Waals surface area contributed by atoms with Gasteiger partial charge in [0, 0.05) is 53.6 Å². The molecule has 0 bridgehead atoms. The van der Waals surface area contributed by atoms with E-state index in [1.165, 1.54) is 29.1 Å². The van der Waals surface area contributed by atoms with Gasteiger partial charge in [-0.1, -0.05) is 17.7 Å². The number of rotatable bonds is 6. The molecule has 1 atom stereocenters. The van der Waals surface area contributed by atoms with Gasteiger partial charge in [0.05, 0.1) is 6.54 Å². The molecule has 0 radical (unpaired) electrons. The largest absolute Gasteiger partial charge is 0.455 e. The number of carbonyl (C=O) groups is 2. The lowest BCUT2D eigenvalue weighted by molar-refractivity contribution is -0.151. The van der Waals surface area contributed by atoms with Gasteiger partial charge >= 0.3 is 5.97 Å². The van der Waals surface area contributed by atoms with Gasteiger partial charge in [0.25, 0.3) is 0 Å². The van der Waals surface area contributed by atoms with Gasteiger partial charge in [0.1, 0.15) is 18.3 Å². The van der Waals surface area contributed by atoms with E-state index in [0.717, 1.165) is 36.3 Å². The van der Waals surface area contributed by atoms with Crippen molar-refractivity contribution in [2.75, 3.05) is 13.6 Å². The topological polar surface area (TPSA) is 64.4 Å². The minimum atomic E-state index is -0.513. The van der Waals surface area contributed by atoms with Crippen molar-refractivity contribution in [3.63, 3.8) is 0 Å². The Morgan fingerprint density at radius 2 is 2.00 bits per heavy atom. The maximum Gasteiger partial charge on any atom is 0.313 e. The highest BCUT2D eigenvalue weighted by molar-refractivity contribution is 5.94. The van der Waals surface area contributed by atoms with Crippen LogP contribution >= 0.6 is 0 Å². The number of Topliss-reactive ketones (excluding diaryl/α,β-unsaturated/α-hetero) is 1. The molecule has 6 nitrogen and oxygen atoms in total. The second kappa shape index (κ2) is 8.63. The first-order valence-corrected chi connectivity index (χ1v) is 10.7. The number of pyridine rings is 1. The molecule has 31 heavy (non-hydrogen) atoms. The lowest BCUT2D eigenvalue weighted by Gasteiger charge is -2.26. The van der Waals surface area contributed by atoms with Crippen molar-refractivity contribution in [3.05, 3.63) is 64.6 Å². The van der Waals surface area contributed by atoms with E-state index in [4.69, 9.17) is 4.74 Å². The Balaban J connectivity index is 1.76. The summed E-state index contributed by atoms with van der Waals surface area (Å²) in [7, 11) is 2.15. The fourth-order valence-corrected chi connectivity index (χ4v) is 4.36. The first-order chi connectivity index (χ1) is 14.8. The monoisotopic (exact) mass is 419 g/mol. The van der Waals surface area contributed by atoms with Crippen molar-refractivity contribution in [1.29, 1.82) is 0 Å². The number of nitrogens with zero attached hydrogens (tertiary/aromatic N) is 3. The van der Waals surface area contributed by atoms with Gasteiger partial charge in [-0.15, -0.1) is 0 Å². The summed E-state index contributed by atoms with van der Waals surface area (Å²) in [5, 5.41) is 1.26. The highest BCUT2D eigenvalue weighted by atomic mass is 16.5. The smallest absolute Gasteiger partial charge is 0.313 e. The summed E-state index contributed by atoms with van der Waals surface area (Å²) in [5.41, 5.74) is 6.76. The van der Waals surface area contributed by atoms with Gasteiger partial charge < -0.3 is 14.2 Å². The number of ether oxygens (including phenoxy) is 1. The number of esters is 1. The molecule has 0 saturated heterocycles. The average Bonchev–Trinajstić information content (AvgIpc) is 2.99. The predicted octanol–water partition coefficient (Wildman–Crippen LogP) is 3.90. The van der Waals surface area contributed by atoms with Gasteiger partial charge in [0.2, 0.25) is 0 Å². The maximum atomic E-state index is 12.4. The Kier molecular flexibility index (Phi) is 5.92. The molecule has 0 amide bonds. The fourth-order valence-electron chi connectivity index (χ4n) is 4.36. The van der Waals surface area contributed by atoms with E-state index >= 15 is 0 Å². The third kappa shape index (κ3) is 4.54. The molecule has 4 rings (SSSR count). The molecule has 0 saturated carbocycles. The molecule has 1 aromatic carbocycles. The fraction of sp³-hybridized carbons (Fsp3) is 0.400. The molecule has 2 aromatic heterocycles. The van der Waals surface area contributed by atoms with E-state index in [-0.39, 0.29) is 12.2 Å². The standard InChI is InChI=1S/C25H29N3O3/c1-16-5-8-22-20(11-16)21-14-27(4)10-9-23(21)28(22)15-24(31-25(30)12-18(3)29)19-7-6-17(2)26-13-19/h5-8,11,13,24H,9-10,12,14-15H2,1-4H3. The van der Waals surface area contributed by atoms with Crippen LogP contribution in [0.2, 0.25) is 0 Å². The van der Waals surface area contributed by atoms with Crippen molar-refractivity contribution in [3.8, 4) is 0 Å². The highest BCUT2D eigenvalue weighted by Crippen LogP contribution is 2.33. The third-order valence-corrected chi connectivity index (χ3v) is 5.92. The zero-order valence-corrected chi connectivity index (χ0v) is 18.6. The van der Waals surface area contributed by atoms with E-state index in [2.05, 4.69) is 46.6 Å². The number of hydrogen-bond donors (Lipinski definition) is 0. The number of carbonyl (C=O) groups excluding carboxylic acids is 2.